The molecule has 1 saturated heterocycles. The fourth-order valence-electron chi connectivity index (χ4n) is 2.14. The number of phenolic OH excluding ortho intramolecular Hbond substituents is 1. The van der Waals surface area contributed by atoms with Crippen LogP contribution in [0.25, 0.3) is 0 Å². The lowest BCUT2D eigenvalue weighted by molar-refractivity contribution is 0.112. The van der Waals surface area contributed by atoms with Crippen molar-refractivity contribution in [3.8, 4) is 11.5 Å². The van der Waals surface area contributed by atoms with E-state index in [1.807, 2.05) is 0 Å². The van der Waals surface area contributed by atoms with Crippen molar-refractivity contribution >= 4 is 6.29 Å². The Bertz CT molecular complexity index is 397. The van der Waals surface area contributed by atoms with Gasteiger partial charge in [-0.25, -0.2) is 0 Å². The number of aromatic hydroxyl groups is 1. The summed E-state index contributed by atoms with van der Waals surface area (Å²) in [6.45, 7) is 1.81. The predicted octanol–water partition coefficient (Wildman–Crippen LogP) is 1.29. The molecule has 1 aliphatic rings. The first kappa shape index (κ1) is 11.0. The van der Waals surface area contributed by atoms with Gasteiger partial charge in [-0.05, 0) is 36.6 Å². The van der Waals surface area contributed by atoms with Gasteiger partial charge in [0.15, 0.2) is 11.5 Å². The molecule has 0 aliphatic carbocycles. The van der Waals surface area contributed by atoms with Gasteiger partial charge >= 0.3 is 0 Å². The molecule has 1 atom stereocenters. The number of carbonyl (C=O) groups is 1. The number of aldehydes is 1. The number of benzene rings is 1. The third-order valence-electron chi connectivity index (χ3n) is 3.01. The Morgan fingerprint density at radius 1 is 1.56 bits per heavy atom. The van der Waals surface area contributed by atoms with Crippen LogP contribution in [0.1, 0.15) is 28.3 Å². The van der Waals surface area contributed by atoms with Gasteiger partial charge in [0, 0.05) is 12.1 Å². The van der Waals surface area contributed by atoms with E-state index in [1.165, 1.54) is 7.11 Å². The third-order valence-corrected chi connectivity index (χ3v) is 3.01. The molecule has 0 bridgehead atoms. The maximum atomic E-state index is 11.0. The van der Waals surface area contributed by atoms with Gasteiger partial charge in [0.1, 0.15) is 6.29 Å². The zero-order valence-corrected chi connectivity index (χ0v) is 9.19. The summed E-state index contributed by atoms with van der Waals surface area (Å²) >= 11 is 0. The highest BCUT2D eigenvalue weighted by molar-refractivity contribution is 5.79. The Morgan fingerprint density at radius 2 is 2.38 bits per heavy atom. The van der Waals surface area contributed by atoms with Crippen LogP contribution in [0, 0.1) is 0 Å². The van der Waals surface area contributed by atoms with Crippen molar-refractivity contribution < 1.29 is 14.6 Å². The molecule has 1 fully saturated rings. The second kappa shape index (κ2) is 4.53. The molecule has 1 heterocycles. The number of phenols is 1. The number of hydrogen-bond acceptors (Lipinski definition) is 4. The molecular weight excluding hydrogens is 206 g/mol. The molecule has 4 nitrogen and oxygen atoms in total. The highest BCUT2D eigenvalue weighted by Crippen LogP contribution is 2.34. The van der Waals surface area contributed by atoms with E-state index in [0.29, 0.717) is 17.2 Å². The molecule has 86 valence electrons. The molecule has 1 aromatic carbocycles. The van der Waals surface area contributed by atoms with Gasteiger partial charge in [0.05, 0.1) is 7.11 Å². The molecule has 0 aromatic heterocycles. The fourth-order valence-corrected chi connectivity index (χ4v) is 2.14. The fraction of sp³-hybridized carbons (Fsp3) is 0.417. The summed E-state index contributed by atoms with van der Waals surface area (Å²) in [7, 11) is 1.47. The molecule has 0 radical (unpaired) electrons. The lowest BCUT2D eigenvalue weighted by Gasteiger charge is -2.14. The van der Waals surface area contributed by atoms with Gasteiger partial charge in [-0.2, -0.15) is 0 Å². The Balaban J connectivity index is 2.42. The van der Waals surface area contributed by atoms with Crippen LogP contribution >= 0.6 is 0 Å². The molecule has 2 N–H and O–H groups in total. The first-order valence-corrected chi connectivity index (χ1v) is 5.33. The molecule has 0 amide bonds. The Kier molecular flexibility index (Phi) is 3.10. The molecule has 1 aromatic rings. The normalized spacial score (nSPS) is 19.7. The van der Waals surface area contributed by atoms with Crippen LogP contribution < -0.4 is 10.1 Å². The molecule has 0 saturated carbocycles. The lowest BCUT2D eigenvalue weighted by Crippen LogP contribution is -2.09. The minimum Gasteiger partial charge on any atom is -0.504 e. The molecule has 1 unspecified atom stereocenters. The smallest absolute Gasteiger partial charge is 0.161 e. The zero-order chi connectivity index (χ0) is 11.5. The van der Waals surface area contributed by atoms with E-state index in [-0.39, 0.29) is 5.75 Å². The summed E-state index contributed by atoms with van der Waals surface area (Å²) in [5, 5.41) is 13.0. The molecule has 1 aliphatic heterocycles. The molecular formula is C12H15NO3. The summed E-state index contributed by atoms with van der Waals surface area (Å²) in [5.74, 6) is 0.740. The van der Waals surface area contributed by atoms with E-state index in [0.717, 1.165) is 31.4 Å². The summed E-state index contributed by atoms with van der Waals surface area (Å²) in [5.41, 5.74) is 1.50. The number of methoxy groups -OCH3 is 1. The van der Waals surface area contributed by atoms with E-state index >= 15 is 0 Å². The van der Waals surface area contributed by atoms with Crippen LogP contribution in [-0.4, -0.2) is 31.6 Å². The lowest BCUT2D eigenvalue weighted by atomic mass is 9.93. The van der Waals surface area contributed by atoms with Crippen molar-refractivity contribution in [3.63, 3.8) is 0 Å². The average molecular weight is 221 g/mol. The first-order valence-electron chi connectivity index (χ1n) is 5.33. The van der Waals surface area contributed by atoms with Crippen LogP contribution in [-0.2, 0) is 0 Å². The second-order valence-corrected chi connectivity index (χ2v) is 3.96. The van der Waals surface area contributed by atoms with Gasteiger partial charge < -0.3 is 15.2 Å². The monoisotopic (exact) mass is 221 g/mol. The number of nitrogens with one attached hydrogen (secondary N) is 1. The van der Waals surface area contributed by atoms with E-state index in [2.05, 4.69) is 5.32 Å². The second-order valence-electron chi connectivity index (χ2n) is 3.96. The topological polar surface area (TPSA) is 58.6 Å². The van der Waals surface area contributed by atoms with Crippen molar-refractivity contribution in [3.05, 3.63) is 23.3 Å². The number of ether oxygens (including phenoxy) is 1. The van der Waals surface area contributed by atoms with E-state index in [4.69, 9.17) is 4.74 Å². The summed E-state index contributed by atoms with van der Waals surface area (Å²) < 4.78 is 4.98. The van der Waals surface area contributed by atoms with Crippen molar-refractivity contribution in [2.75, 3.05) is 20.2 Å². The Hall–Kier alpha value is -1.55. The van der Waals surface area contributed by atoms with Crippen LogP contribution in [0.15, 0.2) is 12.1 Å². The maximum absolute atomic E-state index is 11.0. The third kappa shape index (κ3) is 1.88. The summed E-state index contributed by atoms with van der Waals surface area (Å²) in [4.78, 5) is 11.0. The largest absolute Gasteiger partial charge is 0.504 e. The van der Waals surface area contributed by atoms with Crippen LogP contribution in [0.4, 0.5) is 0 Å². The molecule has 2 rings (SSSR count). The van der Waals surface area contributed by atoms with E-state index < -0.39 is 0 Å². The van der Waals surface area contributed by atoms with E-state index in [9.17, 15) is 9.90 Å². The molecule has 16 heavy (non-hydrogen) atoms. The maximum Gasteiger partial charge on any atom is 0.161 e. The number of rotatable bonds is 3. The van der Waals surface area contributed by atoms with Crippen LogP contribution in [0.2, 0.25) is 0 Å². The highest BCUT2D eigenvalue weighted by atomic mass is 16.5. The van der Waals surface area contributed by atoms with Gasteiger partial charge in [0.2, 0.25) is 0 Å². The standard InChI is InChI=1S/C12H15NO3/c1-16-12-4-9(7-14)10(5-11(12)15)8-2-3-13-6-8/h4-5,7-8,13,15H,2-3,6H2,1H3. The SMILES string of the molecule is COc1cc(C=O)c(C2CCNC2)cc1O. The van der Waals surface area contributed by atoms with Gasteiger partial charge in [-0.15, -0.1) is 0 Å². The summed E-state index contributed by atoms with van der Waals surface area (Å²) in [6.07, 6.45) is 1.81. The Labute approximate surface area is 94.2 Å². The summed E-state index contributed by atoms with van der Waals surface area (Å²) in [6, 6.07) is 3.23. The van der Waals surface area contributed by atoms with Crippen molar-refractivity contribution in [2.24, 2.45) is 0 Å². The highest BCUT2D eigenvalue weighted by Gasteiger charge is 2.21. The minimum absolute atomic E-state index is 0.0926. The zero-order valence-electron chi connectivity index (χ0n) is 9.19. The number of carbonyl (C=O) groups excluding carboxylic acids is 1. The quantitative estimate of drug-likeness (QED) is 0.755. The van der Waals surface area contributed by atoms with Crippen molar-refractivity contribution in [1.29, 1.82) is 0 Å². The van der Waals surface area contributed by atoms with Crippen LogP contribution in [0.5, 0.6) is 11.5 Å². The van der Waals surface area contributed by atoms with Gasteiger partial charge in [0.25, 0.3) is 0 Å². The van der Waals surface area contributed by atoms with E-state index in [1.54, 1.807) is 12.1 Å². The van der Waals surface area contributed by atoms with Gasteiger partial charge in [-0.3, -0.25) is 4.79 Å². The van der Waals surface area contributed by atoms with Crippen molar-refractivity contribution in [2.45, 2.75) is 12.3 Å². The Morgan fingerprint density at radius 3 is 2.94 bits per heavy atom. The molecule has 4 heteroatoms. The van der Waals surface area contributed by atoms with Crippen molar-refractivity contribution in [1.82, 2.24) is 5.32 Å². The predicted molar refractivity (Wildman–Crippen MR) is 60.3 cm³/mol. The average Bonchev–Trinajstić information content (AvgIpc) is 2.82. The minimum atomic E-state index is 0.0926. The molecule has 0 spiro atoms. The first-order chi connectivity index (χ1) is 7.76. The number of hydrogen-bond donors (Lipinski definition) is 2. The van der Waals surface area contributed by atoms with Gasteiger partial charge in [-0.1, -0.05) is 0 Å². The van der Waals surface area contributed by atoms with Crippen LogP contribution in [0.3, 0.4) is 0 Å².